The second-order valence-corrected chi connectivity index (χ2v) is 6.53. The maximum atomic E-state index is 9.43. The molecule has 1 unspecified atom stereocenters. The van der Waals surface area contributed by atoms with E-state index in [1.54, 1.807) is 0 Å². The van der Waals surface area contributed by atoms with Gasteiger partial charge in [-0.1, -0.05) is 26.2 Å². The molecule has 19 heavy (non-hydrogen) atoms. The van der Waals surface area contributed by atoms with Crippen molar-refractivity contribution >= 4 is 0 Å². The van der Waals surface area contributed by atoms with Crippen molar-refractivity contribution in [1.82, 2.24) is 10.2 Å². The molecule has 0 aromatic heterocycles. The van der Waals surface area contributed by atoms with E-state index in [1.807, 2.05) is 0 Å². The number of nitriles is 1. The molecule has 108 valence electrons. The molecule has 1 N–H and O–H groups in total. The van der Waals surface area contributed by atoms with Gasteiger partial charge in [0.1, 0.15) is 5.54 Å². The lowest BCUT2D eigenvalue weighted by atomic mass is 9.93. The van der Waals surface area contributed by atoms with Gasteiger partial charge in [-0.2, -0.15) is 5.26 Å². The highest BCUT2D eigenvalue weighted by molar-refractivity contribution is 5.07. The molecule has 3 nitrogen and oxygen atoms in total. The van der Waals surface area contributed by atoms with Crippen LogP contribution >= 0.6 is 0 Å². The highest BCUT2D eigenvalue weighted by Crippen LogP contribution is 2.26. The second kappa shape index (κ2) is 6.72. The summed E-state index contributed by atoms with van der Waals surface area (Å²) in [5.41, 5.74) is -0.330. The third kappa shape index (κ3) is 4.47. The van der Waals surface area contributed by atoms with E-state index < -0.39 is 0 Å². The molecule has 0 radical (unpaired) electrons. The van der Waals surface area contributed by atoms with Crippen molar-refractivity contribution in [2.75, 3.05) is 13.1 Å². The SMILES string of the molecule is CCN(CCC(C)(C#N)NC1CC1)C1CCCCC1. The highest BCUT2D eigenvalue weighted by atomic mass is 15.2. The Morgan fingerprint density at radius 3 is 2.42 bits per heavy atom. The Hall–Kier alpha value is -0.590. The van der Waals surface area contributed by atoms with Crippen LogP contribution in [0.25, 0.3) is 0 Å². The lowest BCUT2D eigenvalue weighted by Gasteiger charge is -2.35. The van der Waals surface area contributed by atoms with Crippen molar-refractivity contribution in [3.05, 3.63) is 0 Å². The van der Waals surface area contributed by atoms with Gasteiger partial charge in [0, 0.05) is 18.6 Å². The molecule has 2 aliphatic carbocycles. The molecule has 0 heterocycles. The minimum Gasteiger partial charge on any atom is -0.301 e. The Balaban J connectivity index is 1.81. The van der Waals surface area contributed by atoms with Crippen LogP contribution in [0.1, 0.15) is 65.2 Å². The van der Waals surface area contributed by atoms with E-state index in [2.05, 4.69) is 30.1 Å². The van der Waals surface area contributed by atoms with Crippen LogP contribution in [-0.2, 0) is 0 Å². The zero-order valence-electron chi connectivity index (χ0n) is 12.6. The Bertz CT molecular complexity index is 312. The highest BCUT2D eigenvalue weighted by Gasteiger charge is 2.33. The topological polar surface area (TPSA) is 39.1 Å². The molecule has 2 saturated carbocycles. The number of rotatable bonds is 7. The van der Waals surface area contributed by atoms with Crippen LogP contribution in [0.4, 0.5) is 0 Å². The molecule has 1 atom stereocenters. The van der Waals surface area contributed by atoms with Crippen LogP contribution < -0.4 is 5.32 Å². The summed E-state index contributed by atoms with van der Waals surface area (Å²) in [6.45, 7) is 6.51. The van der Waals surface area contributed by atoms with Gasteiger partial charge < -0.3 is 4.90 Å². The van der Waals surface area contributed by atoms with Gasteiger partial charge in [-0.25, -0.2) is 0 Å². The van der Waals surface area contributed by atoms with Crippen LogP contribution in [-0.4, -0.2) is 35.6 Å². The summed E-state index contributed by atoms with van der Waals surface area (Å²) in [5.74, 6) is 0. The van der Waals surface area contributed by atoms with Gasteiger partial charge in [0.2, 0.25) is 0 Å². The number of nitrogens with zero attached hydrogens (tertiary/aromatic N) is 2. The smallest absolute Gasteiger partial charge is 0.105 e. The third-order valence-electron chi connectivity index (χ3n) is 4.74. The molecule has 0 spiro atoms. The van der Waals surface area contributed by atoms with Crippen molar-refractivity contribution in [1.29, 1.82) is 5.26 Å². The van der Waals surface area contributed by atoms with Gasteiger partial charge in [0.15, 0.2) is 0 Å². The average Bonchev–Trinajstić information content (AvgIpc) is 3.24. The quantitative estimate of drug-likeness (QED) is 0.767. The van der Waals surface area contributed by atoms with E-state index in [9.17, 15) is 5.26 Å². The van der Waals surface area contributed by atoms with Crippen LogP contribution in [0.15, 0.2) is 0 Å². The summed E-state index contributed by atoms with van der Waals surface area (Å²) in [7, 11) is 0. The number of hydrogen-bond donors (Lipinski definition) is 1. The first-order valence-electron chi connectivity index (χ1n) is 8.10. The zero-order chi connectivity index (χ0) is 13.7. The standard InChI is InChI=1S/C16H29N3/c1-3-19(15-7-5-4-6-8-15)12-11-16(2,13-17)18-14-9-10-14/h14-15,18H,3-12H2,1-2H3. The maximum absolute atomic E-state index is 9.43. The monoisotopic (exact) mass is 263 g/mol. The zero-order valence-corrected chi connectivity index (χ0v) is 12.6. The molecule has 2 aliphatic rings. The van der Waals surface area contributed by atoms with E-state index in [4.69, 9.17) is 0 Å². The summed E-state index contributed by atoms with van der Waals surface area (Å²) in [5, 5.41) is 12.9. The molecule has 2 fully saturated rings. The second-order valence-electron chi connectivity index (χ2n) is 6.53. The fraction of sp³-hybridized carbons (Fsp3) is 0.938. The van der Waals surface area contributed by atoms with Gasteiger partial charge in [-0.05, 0) is 45.6 Å². The van der Waals surface area contributed by atoms with E-state index in [-0.39, 0.29) is 5.54 Å². The van der Waals surface area contributed by atoms with E-state index in [1.165, 1.54) is 44.9 Å². The van der Waals surface area contributed by atoms with Crippen LogP contribution in [0.5, 0.6) is 0 Å². The third-order valence-corrected chi connectivity index (χ3v) is 4.74. The Morgan fingerprint density at radius 1 is 1.21 bits per heavy atom. The van der Waals surface area contributed by atoms with Crippen molar-refractivity contribution in [3.63, 3.8) is 0 Å². The maximum Gasteiger partial charge on any atom is 0.105 e. The summed E-state index contributed by atoms with van der Waals surface area (Å²) < 4.78 is 0. The van der Waals surface area contributed by atoms with Crippen molar-refractivity contribution in [2.24, 2.45) is 0 Å². The van der Waals surface area contributed by atoms with E-state index in [0.717, 1.165) is 25.6 Å². The lowest BCUT2D eigenvalue weighted by Crippen LogP contribution is -2.46. The molecule has 2 rings (SSSR count). The molecule has 0 aliphatic heterocycles. The van der Waals surface area contributed by atoms with Gasteiger partial charge in [-0.3, -0.25) is 5.32 Å². The first-order valence-corrected chi connectivity index (χ1v) is 8.10. The Labute approximate surface area is 118 Å². The first kappa shape index (κ1) is 14.8. The molecule has 0 bridgehead atoms. The van der Waals surface area contributed by atoms with Gasteiger partial charge in [-0.15, -0.1) is 0 Å². The first-order chi connectivity index (χ1) is 9.17. The molecule has 0 aromatic rings. The number of hydrogen-bond acceptors (Lipinski definition) is 3. The van der Waals surface area contributed by atoms with Gasteiger partial charge in [0.05, 0.1) is 6.07 Å². The Morgan fingerprint density at radius 2 is 1.89 bits per heavy atom. The lowest BCUT2D eigenvalue weighted by molar-refractivity contribution is 0.151. The predicted molar refractivity (Wildman–Crippen MR) is 78.9 cm³/mol. The van der Waals surface area contributed by atoms with Gasteiger partial charge >= 0.3 is 0 Å². The molecular weight excluding hydrogens is 234 g/mol. The summed E-state index contributed by atoms with van der Waals surface area (Å²) in [6.07, 6.45) is 10.3. The molecule has 0 saturated heterocycles. The van der Waals surface area contributed by atoms with Crippen LogP contribution in [0.3, 0.4) is 0 Å². The largest absolute Gasteiger partial charge is 0.301 e. The van der Waals surface area contributed by atoms with Crippen LogP contribution in [0.2, 0.25) is 0 Å². The van der Waals surface area contributed by atoms with Gasteiger partial charge in [0.25, 0.3) is 0 Å². The van der Waals surface area contributed by atoms with Crippen molar-refractivity contribution in [2.45, 2.75) is 82.8 Å². The summed E-state index contributed by atoms with van der Waals surface area (Å²) >= 11 is 0. The van der Waals surface area contributed by atoms with E-state index in [0.29, 0.717) is 6.04 Å². The normalized spacial score (nSPS) is 24.1. The minimum atomic E-state index is -0.330. The minimum absolute atomic E-state index is 0.330. The molecular formula is C16H29N3. The summed E-state index contributed by atoms with van der Waals surface area (Å²) in [6, 6.07) is 3.87. The summed E-state index contributed by atoms with van der Waals surface area (Å²) in [4.78, 5) is 2.60. The molecule has 0 amide bonds. The predicted octanol–water partition coefficient (Wildman–Crippen LogP) is 3.07. The molecule has 0 aromatic carbocycles. The fourth-order valence-corrected chi connectivity index (χ4v) is 3.25. The Kier molecular flexibility index (Phi) is 5.24. The fourth-order valence-electron chi connectivity index (χ4n) is 3.25. The van der Waals surface area contributed by atoms with Crippen LogP contribution in [0, 0.1) is 11.3 Å². The van der Waals surface area contributed by atoms with E-state index >= 15 is 0 Å². The average molecular weight is 263 g/mol. The van der Waals surface area contributed by atoms with Crippen molar-refractivity contribution < 1.29 is 0 Å². The van der Waals surface area contributed by atoms with Crippen molar-refractivity contribution in [3.8, 4) is 6.07 Å². The number of nitrogens with one attached hydrogen (secondary N) is 1. The molecule has 3 heteroatoms.